The zero-order valence-corrected chi connectivity index (χ0v) is 11.7. The summed E-state index contributed by atoms with van der Waals surface area (Å²) in [4.78, 5) is 13.8. The van der Waals surface area contributed by atoms with E-state index in [4.69, 9.17) is 9.84 Å². The molecule has 0 amide bonds. The van der Waals surface area contributed by atoms with Gasteiger partial charge >= 0.3 is 5.97 Å². The van der Waals surface area contributed by atoms with Crippen LogP contribution in [0.25, 0.3) is 6.08 Å². The van der Waals surface area contributed by atoms with E-state index in [1.165, 1.54) is 4.88 Å². The van der Waals surface area contributed by atoms with Crippen LogP contribution in [0.1, 0.15) is 17.4 Å². The molecule has 1 unspecified atom stereocenters. The van der Waals surface area contributed by atoms with Crippen LogP contribution in [0, 0.1) is 0 Å². The van der Waals surface area contributed by atoms with Gasteiger partial charge in [-0.3, -0.25) is 4.90 Å². The van der Waals surface area contributed by atoms with E-state index in [9.17, 15) is 4.79 Å². The number of carboxylic acid groups (broad SMARTS) is 1. The number of aliphatic carboxylic acids is 1. The van der Waals surface area contributed by atoms with Gasteiger partial charge in [-0.05, 0) is 37.1 Å². The maximum absolute atomic E-state index is 10.4. The van der Waals surface area contributed by atoms with E-state index in [1.54, 1.807) is 24.5 Å². The highest BCUT2D eigenvalue weighted by Gasteiger charge is 2.07. The number of likely N-dealkylation sites (N-methyl/N-ethyl adjacent to an activating group) is 1. The smallest absolute Gasteiger partial charge is 0.328 e. The van der Waals surface area contributed by atoms with Crippen molar-refractivity contribution >= 4 is 23.4 Å². The summed E-state index contributed by atoms with van der Waals surface area (Å²) >= 11 is 1.64. The van der Waals surface area contributed by atoms with Crippen LogP contribution >= 0.6 is 11.3 Å². The molecule has 1 atom stereocenters. The second-order valence-corrected chi connectivity index (χ2v) is 5.26. The molecule has 1 rings (SSSR count). The lowest BCUT2D eigenvalue weighted by molar-refractivity contribution is -0.131. The van der Waals surface area contributed by atoms with Gasteiger partial charge in [0.15, 0.2) is 0 Å². The molecule has 18 heavy (non-hydrogen) atoms. The number of carbonyl (C=O) groups is 1. The third-order valence-electron chi connectivity index (χ3n) is 2.49. The van der Waals surface area contributed by atoms with E-state index in [-0.39, 0.29) is 6.10 Å². The van der Waals surface area contributed by atoms with Crippen LogP contribution < -0.4 is 0 Å². The Kier molecular flexibility index (Phi) is 6.04. The summed E-state index contributed by atoms with van der Waals surface area (Å²) in [5.74, 6) is -0.922. The highest BCUT2D eigenvalue weighted by atomic mass is 32.1. The molecule has 0 saturated heterocycles. The number of hydrogen-bond donors (Lipinski definition) is 1. The quantitative estimate of drug-likeness (QED) is 0.772. The van der Waals surface area contributed by atoms with Crippen molar-refractivity contribution in [2.45, 2.75) is 19.6 Å². The van der Waals surface area contributed by atoms with Crippen molar-refractivity contribution in [3.63, 3.8) is 0 Å². The lowest BCUT2D eigenvalue weighted by atomic mass is 10.2. The van der Waals surface area contributed by atoms with Crippen molar-refractivity contribution in [3.8, 4) is 0 Å². The predicted molar refractivity (Wildman–Crippen MR) is 73.8 cm³/mol. The lowest BCUT2D eigenvalue weighted by Crippen LogP contribution is -2.27. The number of rotatable bonds is 7. The highest BCUT2D eigenvalue weighted by Crippen LogP contribution is 2.17. The Bertz CT molecular complexity index is 414. The van der Waals surface area contributed by atoms with E-state index < -0.39 is 5.97 Å². The van der Waals surface area contributed by atoms with Gasteiger partial charge in [-0.1, -0.05) is 0 Å². The summed E-state index contributed by atoms with van der Waals surface area (Å²) in [6, 6.07) is 2.01. The van der Waals surface area contributed by atoms with E-state index in [0.717, 1.165) is 24.7 Å². The van der Waals surface area contributed by atoms with E-state index in [2.05, 4.69) is 4.90 Å². The van der Waals surface area contributed by atoms with Gasteiger partial charge in [0, 0.05) is 31.2 Å². The molecular formula is C13H19NO3S. The number of methoxy groups -OCH3 is 1. The van der Waals surface area contributed by atoms with Crippen molar-refractivity contribution in [2.24, 2.45) is 0 Å². The average Bonchev–Trinajstić information content (AvgIpc) is 2.73. The third-order valence-corrected chi connectivity index (χ3v) is 3.43. The molecule has 0 saturated carbocycles. The molecular weight excluding hydrogens is 250 g/mol. The van der Waals surface area contributed by atoms with Gasteiger partial charge in [-0.15, -0.1) is 11.3 Å². The zero-order chi connectivity index (χ0) is 13.5. The average molecular weight is 269 g/mol. The largest absolute Gasteiger partial charge is 0.478 e. The van der Waals surface area contributed by atoms with Crippen LogP contribution in [0.4, 0.5) is 0 Å². The minimum atomic E-state index is -0.922. The van der Waals surface area contributed by atoms with Gasteiger partial charge in [0.25, 0.3) is 0 Å². The highest BCUT2D eigenvalue weighted by molar-refractivity contribution is 7.10. The molecule has 0 radical (unpaired) electrons. The van der Waals surface area contributed by atoms with E-state index >= 15 is 0 Å². The summed E-state index contributed by atoms with van der Waals surface area (Å²) in [7, 11) is 3.75. The van der Waals surface area contributed by atoms with Gasteiger partial charge in [0.2, 0.25) is 0 Å². The number of nitrogens with zero attached hydrogens (tertiary/aromatic N) is 1. The molecule has 0 bridgehead atoms. The molecule has 0 aromatic carbocycles. The van der Waals surface area contributed by atoms with Gasteiger partial charge in [0.1, 0.15) is 0 Å². The molecule has 0 spiro atoms. The Morgan fingerprint density at radius 1 is 1.67 bits per heavy atom. The molecule has 1 N–H and O–H groups in total. The molecule has 0 aliphatic carbocycles. The van der Waals surface area contributed by atoms with Gasteiger partial charge in [0.05, 0.1) is 6.10 Å². The van der Waals surface area contributed by atoms with Crippen LogP contribution in [0.15, 0.2) is 17.5 Å². The first-order valence-corrected chi connectivity index (χ1v) is 6.59. The van der Waals surface area contributed by atoms with Gasteiger partial charge in [-0.25, -0.2) is 4.79 Å². The number of carboxylic acids is 1. The molecule has 100 valence electrons. The molecule has 0 aliphatic heterocycles. The SMILES string of the molecule is COC(C)CN(C)Cc1cc(/C=C/C(=O)O)cs1. The molecule has 0 fully saturated rings. The van der Waals surface area contributed by atoms with Crippen molar-refractivity contribution in [3.05, 3.63) is 28.0 Å². The molecule has 1 aromatic rings. The Labute approximate surface area is 111 Å². The Balaban J connectivity index is 2.50. The fourth-order valence-corrected chi connectivity index (χ4v) is 2.51. The lowest BCUT2D eigenvalue weighted by Gasteiger charge is -2.19. The first-order valence-electron chi connectivity index (χ1n) is 5.71. The van der Waals surface area contributed by atoms with Crippen molar-refractivity contribution in [1.29, 1.82) is 0 Å². The third kappa shape index (κ3) is 5.44. The number of thiophene rings is 1. The van der Waals surface area contributed by atoms with Crippen LogP contribution in [0.5, 0.6) is 0 Å². The summed E-state index contributed by atoms with van der Waals surface area (Å²) in [6.07, 6.45) is 2.98. The fourth-order valence-electron chi connectivity index (χ4n) is 1.58. The first kappa shape index (κ1) is 14.9. The first-order chi connectivity index (χ1) is 8.51. The van der Waals surface area contributed by atoms with Gasteiger partial charge in [-0.2, -0.15) is 0 Å². The Hall–Kier alpha value is -1.17. The molecule has 0 aliphatic rings. The maximum Gasteiger partial charge on any atom is 0.328 e. The Morgan fingerprint density at radius 3 is 3.00 bits per heavy atom. The molecule has 5 heteroatoms. The molecule has 4 nitrogen and oxygen atoms in total. The molecule has 1 heterocycles. The van der Waals surface area contributed by atoms with Crippen molar-refractivity contribution in [1.82, 2.24) is 4.90 Å². The van der Waals surface area contributed by atoms with Crippen LogP contribution in [0.3, 0.4) is 0 Å². The van der Waals surface area contributed by atoms with Crippen molar-refractivity contribution in [2.75, 3.05) is 20.7 Å². The second-order valence-electron chi connectivity index (χ2n) is 4.26. The van der Waals surface area contributed by atoms with Gasteiger partial charge < -0.3 is 9.84 Å². The Morgan fingerprint density at radius 2 is 2.39 bits per heavy atom. The normalized spacial score (nSPS) is 13.3. The van der Waals surface area contributed by atoms with Crippen LogP contribution in [0.2, 0.25) is 0 Å². The number of ether oxygens (including phenoxy) is 1. The monoisotopic (exact) mass is 269 g/mol. The minimum absolute atomic E-state index is 0.210. The summed E-state index contributed by atoms with van der Waals surface area (Å²) in [5, 5.41) is 10.5. The van der Waals surface area contributed by atoms with Crippen molar-refractivity contribution < 1.29 is 14.6 Å². The molecule has 1 aromatic heterocycles. The summed E-state index contributed by atoms with van der Waals surface area (Å²) in [6.45, 7) is 3.75. The summed E-state index contributed by atoms with van der Waals surface area (Å²) in [5.41, 5.74) is 0.936. The van der Waals surface area contributed by atoms with E-state index in [0.29, 0.717) is 0 Å². The van der Waals surface area contributed by atoms with Crippen LogP contribution in [-0.2, 0) is 16.1 Å². The standard InChI is InChI=1S/C13H19NO3S/c1-10(17-3)7-14(2)8-12-6-11(9-18-12)4-5-13(15)16/h4-6,9-10H,7-8H2,1-3H3,(H,15,16)/b5-4+. The predicted octanol–water partition coefficient (Wildman–Crippen LogP) is 2.31. The minimum Gasteiger partial charge on any atom is -0.478 e. The second kappa shape index (κ2) is 7.31. The zero-order valence-electron chi connectivity index (χ0n) is 10.9. The fraction of sp³-hybridized carbons (Fsp3) is 0.462. The van der Waals surface area contributed by atoms with Crippen LogP contribution in [-0.4, -0.2) is 42.8 Å². The number of hydrogen-bond acceptors (Lipinski definition) is 4. The topological polar surface area (TPSA) is 49.8 Å². The maximum atomic E-state index is 10.4. The summed E-state index contributed by atoms with van der Waals surface area (Å²) < 4.78 is 5.21. The van der Waals surface area contributed by atoms with E-state index in [1.807, 2.05) is 25.4 Å².